The van der Waals surface area contributed by atoms with Crippen LogP contribution < -0.4 is 4.72 Å². The van der Waals surface area contributed by atoms with Crippen LogP contribution in [0.15, 0.2) is 24.5 Å². The fourth-order valence-electron chi connectivity index (χ4n) is 1.22. The van der Waals surface area contributed by atoms with Gasteiger partial charge in [-0.05, 0) is 37.5 Å². The van der Waals surface area contributed by atoms with E-state index in [0.29, 0.717) is 6.54 Å². The predicted molar refractivity (Wildman–Crippen MR) is 72.0 cm³/mol. The molecule has 17 heavy (non-hydrogen) atoms. The lowest BCUT2D eigenvalue weighted by Crippen LogP contribution is -2.33. The van der Waals surface area contributed by atoms with Gasteiger partial charge in [-0.1, -0.05) is 6.92 Å². The lowest BCUT2D eigenvalue weighted by Gasteiger charge is -2.14. The SMILES string of the molecule is CC(CNS(=O)(=O)C(C)C)c1ccncc1.Cl. The fraction of sp³-hybridized carbons (Fsp3) is 0.545. The first-order valence-electron chi connectivity index (χ1n) is 5.32. The molecule has 0 saturated carbocycles. The maximum absolute atomic E-state index is 11.5. The molecule has 0 aromatic carbocycles. The molecule has 0 saturated heterocycles. The van der Waals surface area contributed by atoms with Crippen molar-refractivity contribution in [3.05, 3.63) is 30.1 Å². The van der Waals surface area contributed by atoms with Gasteiger partial charge in [-0.15, -0.1) is 12.4 Å². The summed E-state index contributed by atoms with van der Waals surface area (Å²) < 4.78 is 25.7. The van der Waals surface area contributed by atoms with E-state index < -0.39 is 15.3 Å². The Morgan fingerprint density at radius 1 is 1.24 bits per heavy atom. The topological polar surface area (TPSA) is 59.1 Å². The summed E-state index contributed by atoms with van der Waals surface area (Å²) >= 11 is 0. The largest absolute Gasteiger partial charge is 0.265 e. The second kappa shape index (κ2) is 6.93. The molecule has 0 fully saturated rings. The molecule has 4 nitrogen and oxygen atoms in total. The van der Waals surface area contributed by atoms with Gasteiger partial charge in [0.25, 0.3) is 0 Å². The molecule has 0 aliphatic carbocycles. The molecule has 1 atom stereocenters. The first-order valence-corrected chi connectivity index (χ1v) is 6.86. The first kappa shape index (κ1) is 16.4. The minimum atomic E-state index is -3.17. The van der Waals surface area contributed by atoms with E-state index in [9.17, 15) is 8.42 Å². The number of aromatic nitrogens is 1. The summed E-state index contributed by atoms with van der Waals surface area (Å²) in [5.74, 6) is 0.150. The molecule has 1 aromatic rings. The minimum Gasteiger partial charge on any atom is -0.265 e. The summed E-state index contributed by atoms with van der Waals surface area (Å²) in [4.78, 5) is 3.93. The van der Waals surface area contributed by atoms with Gasteiger partial charge in [-0.2, -0.15) is 0 Å². The smallest absolute Gasteiger partial charge is 0.213 e. The zero-order chi connectivity index (χ0) is 12.2. The Labute approximate surface area is 109 Å². The van der Waals surface area contributed by atoms with E-state index in [-0.39, 0.29) is 18.3 Å². The summed E-state index contributed by atoms with van der Waals surface area (Å²) in [5, 5.41) is -0.392. The number of rotatable bonds is 5. The zero-order valence-corrected chi connectivity index (χ0v) is 11.9. The molecule has 1 N–H and O–H groups in total. The second-order valence-electron chi connectivity index (χ2n) is 4.12. The molecule has 6 heteroatoms. The average molecular weight is 279 g/mol. The normalized spacial score (nSPS) is 13.2. The van der Waals surface area contributed by atoms with Crippen LogP contribution in [0.2, 0.25) is 0 Å². The maximum atomic E-state index is 11.5. The van der Waals surface area contributed by atoms with Gasteiger partial charge in [0.15, 0.2) is 0 Å². The Kier molecular flexibility index (Phi) is 6.67. The molecule has 0 bridgehead atoms. The molecule has 1 unspecified atom stereocenters. The summed E-state index contributed by atoms with van der Waals surface area (Å²) in [6.45, 7) is 5.74. The lowest BCUT2D eigenvalue weighted by atomic mass is 10.0. The van der Waals surface area contributed by atoms with E-state index in [1.54, 1.807) is 26.2 Å². The average Bonchev–Trinajstić information content (AvgIpc) is 2.27. The number of sulfonamides is 1. The Morgan fingerprint density at radius 3 is 2.24 bits per heavy atom. The fourth-order valence-corrected chi connectivity index (χ4v) is 2.03. The third-order valence-electron chi connectivity index (χ3n) is 2.49. The van der Waals surface area contributed by atoms with Gasteiger partial charge < -0.3 is 0 Å². The summed E-state index contributed by atoms with van der Waals surface area (Å²) in [5.41, 5.74) is 1.08. The van der Waals surface area contributed by atoms with E-state index >= 15 is 0 Å². The molecule has 0 radical (unpaired) electrons. The van der Waals surface area contributed by atoms with Crippen LogP contribution >= 0.6 is 12.4 Å². The van der Waals surface area contributed by atoms with E-state index in [2.05, 4.69) is 9.71 Å². The van der Waals surface area contributed by atoms with Crippen LogP contribution in [0.1, 0.15) is 32.3 Å². The van der Waals surface area contributed by atoms with Crippen molar-refractivity contribution in [2.75, 3.05) is 6.54 Å². The number of nitrogens with one attached hydrogen (secondary N) is 1. The van der Waals surface area contributed by atoms with Crippen molar-refractivity contribution in [2.24, 2.45) is 0 Å². The minimum absolute atomic E-state index is 0. The predicted octanol–water partition coefficient (Wildman–Crippen LogP) is 1.93. The standard InChI is InChI=1S/C11H18N2O2S.ClH/c1-9(2)16(14,15)13-8-10(3)11-4-6-12-7-5-11;/h4-7,9-10,13H,8H2,1-3H3;1H. The second-order valence-corrected chi connectivity index (χ2v) is 6.45. The quantitative estimate of drug-likeness (QED) is 0.895. The van der Waals surface area contributed by atoms with Gasteiger partial charge in [0, 0.05) is 18.9 Å². The van der Waals surface area contributed by atoms with Crippen LogP contribution in [0.3, 0.4) is 0 Å². The van der Waals surface area contributed by atoms with E-state index in [1.807, 2.05) is 19.1 Å². The third-order valence-corrected chi connectivity index (χ3v) is 4.30. The van der Waals surface area contributed by atoms with E-state index in [4.69, 9.17) is 0 Å². The highest BCUT2D eigenvalue weighted by Gasteiger charge is 2.16. The Balaban J connectivity index is 0.00000256. The van der Waals surface area contributed by atoms with Gasteiger partial charge in [0.1, 0.15) is 0 Å². The molecule has 0 spiro atoms. The highest BCUT2D eigenvalue weighted by molar-refractivity contribution is 7.90. The third kappa shape index (κ3) is 5.02. The molecular weight excluding hydrogens is 260 g/mol. The molecule has 98 valence electrons. The van der Waals surface area contributed by atoms with E-state index in [0.717, 1.165) is 5.56 Å². The Morgan fingerprint density at radius 2 is 1.76 bits per heavy atom. The van der Waals surface area contributed by atoms with Crippen LogP contribution in [0.4, 0.5) is 0 Å². The van der Waals surface area contributed by atoms with Crippen molar-refractivity contribution < 1.29 is 8.42 Å². The number of hydrogen-bond acceptors (Lipinski definition) is 3. The van der Waals surface area contributed by atoms with Gasteiger partial charge >= 0.3 is 0 Å². The van der Waals surface area contributed by atoms with Crippen LogP contribution in [0, 0.1) is 0 Å². The highest BCUT2D eigenvalue weighted by Crippen LogP contribution is 2.13. The van der Waals surface area contributed by atoms with Gasteiger partial charge in [-0.3, -0.25) is 4.98 Å². The molecule has 0 aliphatic rings. The summed E-state index contributed by atoms with van der Waals surface area (Å²) in [6.07, 6.45) is 3.42. The Bertz CT molecular complexity index is 420. The van der Waals surface area contributed by atoms with Crippen molar-refractivity contribution in [1.29, 1.82) is 0 Å². The number of pyridine rings is 1. The first-order chi connectivity index (χ1) is 7.43. The van der Waals surface area contributed by atoms with Crippen LogP contribution in [-0.2, 0) is 10.0 Å². The number of nitrogens with zero attached hydrogens (tertiary/aromatic N) is 1. The van der Waals surface area contributed by atoms with Crippen molar-refractivity contribution in [1.82, 2.24) is 9.71 Å². The molecule has 1 rings (SSSR count). The van der Waals surface area contributed by atoms with Gasteiger partial charge in [0.05, 0.1) is 5.25 Å². The molecular formula is C11H19ClN2O2S. The van der Waals surface area contributed by atoms with Crippen LogP contribution in [0.25, 0.3) is 0 Å². The zero-order valence-electron chi connectivity index (χ0n) is 10.3. The maximum Gasteiger partial charge on any atom is 0.213 e. The van der Waals surface area contributed by atoms with Crippen LogP contribution in [0.5, 0.6) is 0 Å². The summed E-state index contributed by atoms with van der Waals surface area (Å²) in [6, 6.07) is 3.79. The van der Waals surface area contributed by atoms with Gasteiger partial charge in [0.2, 0.25) is 10.0 Å². The van der Waals surface area contributed by atoms with Crippen LogP contribution in [-0.4, -0.2) is 25.2 Å². The molecule has 1 aromatic heterocycles. The monoisotopic (exact) mass is 278 g/mol. The molecule has 0 amide bonds. The summed E-state index contributed by atoms with van der Waals surface area (Å²) in [7, 11) is -3.17. The van der Waals surface area contributed by atoms with E-state index in [1.165, 1.54) is 0 Å². The number of halogens is 1. The number of hydrogen-bond donors (Lipinski definition) is 1. The lowest BCUT2D eigenvalue weighted by molar-refractivity contribution is 0.566. The van der Waals surface area contributed by atoms with Crippen molar-refractivity contribution in [3.63, 3.8) is 0 Å². The van der Waals surface area contributed by atoms with Crippen molar-refractivity contribution in [2.45, 2.75) is 31.9 Å². The highest BCUT2D eigenvalue weighted by atomic mass is 35.5. The van der Waals surface area contributed by atoms with Gasteiger partial charge in [-0.25, -0.2) is 13.1 Å². The molecule has 1 heterocycles. The Hall–Kier alpha value is -0.650. The van der Waals surface area contributed by atoms with Crippen molar-refractivity contribution in [3.8, 4) is 0 Å². The molecule has 0 aliphatic heterocycles. The van der Waals surface area contributed by atoms with Crippen molar-refractivity contribution >= 4 is 22.4 Å².